The van der Waals surface area contributed by atoms with Crippen molar-refractivity contribution in [3.8, 4) is 0 Å². The highest BCUT2D eigenvalue weighted by Crippen LogP contribution is 2.37. The number of aromatic nitrogens is 3. The van der Waals surface area contributed by atoms with Gasteiger partial charge < -0.3 is 24.6 Å². The number of hydrogen-bond donors (Lipinski definition) is 3. The first-order valence-corrected chi connectivity index (χ1v) is 8.20. The normalized spacial score (nSPS) is 27.1. The van der Waals surface area contributed by atoms with E-state index in [1.807, 2.05) is 6.92 Å². The molecule has 8 heteroatoms. The molecular weight excluding hydrogens is 341 g/mol. The number of hydrogen-bond acceptors (Lipinski definition) is 6. The van der Waals surface area contributed by atoms with Crippen LogP contribution in [0.4, 0.5) is 4.39 Å². The molecule has 1 fully saturated rings. The number of ether oxygens (including phenoxy) is 1. The second-order valence-corrected chi connectivity index (χ2v) is 6.39. The lowest BCUT2D eigenvalue weighted by Gasteiger charge is -2.21. The molecule has 0 radical (unpaired) electrons. The van der Waals surface area contributed by atoms with Gasteiger partial charge in [-0.15, -0.1) is 0 Å². The van der Waals surface area contributed by atoms with Crippen LogP contribution in [-0.2, 0) is 4.74 Å². The number of aryl methyl sites for hydroxylation is 1. The molecule has 3 heterocycles. The zero-order valence-electron chi connectivity index (χ0n) is 13.9. The summed E-state index contributed by atoms with van der Waals surface area (Å²) in [6.45, 7) is 1.84. The second-order valence-electron chi connectivity index (χ2n) is 6.39. The van der Waals surface area contributed by atoms with Gasteiger partial charge >= 0.3 is 0 Å². The molecule has 1 saturated heterocycles. The van der Waals surface area contributed by atoms with Crippen LogP contribution in [0.15, 0.2) is 42.9 Å². The molecule has 0 spiro atoms. The Kier molecular flexibility index (Phi) is 4.20. The van der Waals surface area contributed by atoms with Crippen LogP contribution in [0.3, 0.4) is 0 Å². The van der Waals surface area contributed by atoms with Gasteiger partial charge in [-0.25, -0.2) is 14.4 Å². The zero-order valence-corrected chi connectivity index (χ0v) is 13.9. The predicted octanol–water partition coefficient (Wildman–Crippen LogP) is 1.23. The van der Waals surface area contributed by atoms with Crippen molar-refractivity contribution in [3.63, 3.8) is 0 Å². The molecule has 7 nitrogen and oxygen atoms in total. The van der Waals surface area contributed by atoms with Crippen molar-refractivity contribution in [2.45, 2.75) is 37.6 Å². The maximum absolute atomic E-state index is 13.1. The largest absolute Gasteiger partial charge is 0.387 e. The Morgan fingerprint density at radius 3 is 2.58 bits per heavy atom. The summed E-state index contributed by atoms with van der Waals surface area (Å²) in [5.74, 6) is -0.430. The molecule has 0 amide bonds. The molecule has 1 aliphatic heterocycles. The first kappa shape index (κ1) is 17.0. The Morgan fingerprint density at radius 2 is 1.85 bits per heavy atom. The molecule has 3 aromatic rings. The molecule has 136 valence electrons. The maximum Gasteiger partial charge on any atom is 0.164 e. The van der Waals surface area contributed by atoms with Crippen molar-refractivity contribution in [2.24, 2.45) is 0 Å². The lowest BCUT2D eigenvalue weighted by Crippen LogP contribution is -2.34. The van der Waals surface area contributed by atoms with Crippen molar-refractivity contribution in [3.05, 3.63) is 59.9 Å². The average molecular weight is 359 g/mol. The van der Waals surface area contributed by atoms with Crippen molar-refractivity contribution in [1.29, 1.82) is 0 Å². The number of rotatable bonds is 3. The first-order valence-electron chi connectivity index (χ1n) is 8.20. The third-order valence-corrected chi connectivity index (χ3v) is 4.78. The third kappa shape index (κ3) is 2.67. The van der Waals surface area contributed by atoms with Gasteiger partial charge in [0.2, 0.25) is 0 Å². The molecule has 5 unspecified atom stereocenters. The maximum atomic E-state index is 13.1. The highest BCUT2D eigenvalue weighted by atomic mass is 19.1. The van der Waals surface area contributed by atoms with Gasteiger partial charge in [-0.1, -0.05) is 12.1 Å². The van der Waals surface area contributed by atoms with Gasteiger partial charge in [0.1, 0.15) is 42.2 Å². The summed E-state index contributed by atoms with van der Waals surface area (Å²) in [6.07, 6.45) is -2.68. The van der Waals surface area contributed by atoms with Gasteiger partial charge in [-0.3, -0.25) is 0 Å². The quantitative estimate of drug-likeness (QED) is 0.650. The van der Waals surface area contributed by atoms with E-state index < -0.39 is 36.5 Å². The van der Waals surface area contributed by atoms with Gasteiger partial charge in [0.15, 0.2) is 6.23 Å². The van der Waals surface area contributed by atoms with E-state index in [1.54, 1.807) is 16.8 Å². The van der Waals surface area contributed by atoms with Crippen LogP contribution in [0.25, 0.3) is 11.0 Å². The van der Waals surface area contributed by atoms with Crippen molar-refractivity contribution in [2.75, 3.05) is 0 Å². The highest BCUT2D eigenvalue weighted by molar-refractivity contribution is 5.78. The fourth-order valence-electron chi connectivity index (χ4n) is 3.33. The minimum absolute atomic E-state index is 0.388. The molecule has 5 atom stereocenters. The fourth-order valence-corrected chi connectivity index (χ4v) is 3.33. The smallest absolute Gasteiger partial charge is 0.164 e. The van der Waals surface area contributed by atoms with Crippen LogP contribution < -0.4 is 0 Å². The topological polar surface area (TPSA) is 101 Å². The second kappa shape index (κ2) is 6.40. The molecule has 1 aromatic carbocycles. The minimum Gasteiger partial charge on any atom is -0.387 e. The van der Waals surface area contributed by atoms with Crippen LogP contribution >= 0.6 is 0 Å². The van der Waals surface area contributed by atoms with Gasteiger partial charge in [-0.2, -0.15) is 0 Å². The van der Waals surface area contributed by atoms with Gasteiger partial charge in [-0.05, 0) is 30.7 Å². The SMILES string of the molecule is Cc1ncnc2c1ccn2C1OC(C(O)c2ccc(F)cc2)C(O)C1O. The predicted molar refractivity (Wildman–Crippen MR) is 89.5 cm³/mol. The van der Waals surface area contributed by atoms with E-state index in [0.717, 1.165) is 11.1 Å². The molecule has 1 aliphatic rings. The number of benzene rings is 1. The molecule has 3 N–H and O–H groups in total. The van der Waals surface area contributed by atoms with Crippen LogP contribution in [0.1, 0.15) is 23.6 Å². The molecule has 2 aromatic heterocycles. The van der Waals surface area contributed by atoms with Crippen molar-refractivity contribution >= 4 is 11.0 Å². The van der Waals surface area contributed by atoms with Crippen LogP contribution in [0.2, 0.25) is 0 Å². The number of halogens is 1. The van der Waals surface area contributed by atoms with E-state index in [1.165, 1.54) is 30.6 Å². The van der Waals surface area contributed by atoms with Gasteiger partial charge in [0, 0.05) is 11.6 Å². The molecule has 0 aliphatic carbocycles. The van der Waals surface area contributed by atoms with E-state index >= 15 is 0 Å². The molecule has 26 heavy (non-hydrogen) atoms. The summed E-state index contributed by atoms with van der Waals surface area (Å²) in [7, 11) is 0. The van der Waals surface area contributed by atoms with Gasteiger partial charge in [0.25, 0.3) is 0 Å². The number of nitrogens with zero attached hydrogens (tertiary/aromatic N) is 3. The monoisotopic (exact) mass is 359 g/mol. The van der Waals surface area contributed by atoms with E-state index in [4.69, 9.17) is 4.74 Å². The summed E-state index contributed by atoms with van der Waals surface area (Å²) in [6, 6.07) is 7.06. The standard InChI is InChI=1S/C18H18FN3O4/c1-9-12-6-7-22(17(12)21-8-20-9)18-15(25)14(24)16(26-18)13(23)10-2-4-11(19)5-3-10/h2-8,13-16,18,23-25H,1H3. The summed E-state index contributed by atoms with van der Waals surface area (Å²) < 4.78 is 20.5. The summed E-state index contributed by atoms with van der Waals surface area (Å²) in [5.41, 5.74) is 1.73. The number of aliphatic hydroxyl groups excluding tert-OH is 3. The lowest BCUT2D eigenvalue weighted by molar-refractivity contribution is -0.0848. The van der Waals surface area contributed by atoms with E-state index in [0.29, 0.717) is 11.2 Å². The highest BCUT2D eigenvalue weighted by Gasteiger charge is 2.47. The summed E-state index contributed by atoms with van der Waals surface area (Å²) >= 11 is 0. The van der Waals surface area contributed by atoms with Crippen LogP contribution in [0.5, 0.6) is 0 Å². The Morgan fingerprint density at radius 1 is 1.12 bits per heavy atom. The van der Waals surface area contributed by atoms with Crippen LogP contribution in [-0.4, -0.2) is 48.2 Å². The van der Waals surface area contributed by atoms with Crippen LogP contribution in [0, 0.1) is 12.7 Å². The Hall–Kier alpha value is -2.39. The Balaban J connectivity index is 1.65. The average Bonchev–Trinajstić information content (AvgIpc) is 3.18. The Labute approximate surface area is 148 Å². The first-order chi connectivity index (χ1) is 12.5. The fraction of sp³-hybridized carbons (Fsp3) is 0.333. The van der Waals surface area contributed by atoms with Crippen molar-refractivity contribution in [1.82, 2.24) is 14.5 Å². The van der Waals surface area contributed by atoms with Gasteiger partial charge in [0.05, 0.1) is 5.69 Å². The number of fused-ring (bicyclic) bond motifs is 1. The van der Waals surface area contributed by atoms with E-state index in [2.05, 4.69) is 9.97 Å². The van der Waals surface area contributed by atoms with E-state index in [-0.39, 0.29) is 0 Å². The minimum atomic E-state index is -1.32. The molecular formula is C18H18FN3O4. The third-order valence-electron chi connectivity index (χ3n) is 4.78. The summed E-state index contributed by atoms with van der Waals surface area (Å²) in [5, 5.41) is 32.2. The van der Waals surface area contributed by atoms with Crippen molar-refractivity contribution < 1.29 is 24.4 Å². The van der Waals surface area contributed by atoms with E-state index in [9.17, 15) is 19.7 Å². The molecule has 4 rings (SSSR count). The molecule has 0 bridgehead atoms. The molecule has 0 saturated carbocycles. The summed E-state index contributed by atoms with van der Waals surface area (Å²) in [4.78, 5) is 8.34. The zero-order chi connectivity index (χ0) is 18.4. The Bertz CT molecular complexity index is 930. The number of aliphatic hydroxyl groups is 3. The lowest BCUT2D eigenvalue weighted by atomic mass is 9.99.